The molecule has 2 fully saturated rings. The van der Waals surface area contributed by atoms with Crippen molar-refractivity contribution in [2.24, 2.45) is 0 Å². The van der Waals surface area contributed by atoms with Gasteiger partial charge < -0.3 is 20.0 Å². The molecule has 1 aromatic rings. The molecule has 0 radical (unpaired) electrons. The Morgan fingerprint density at radius 2 is 1.81 bits per heavy atom. The number of anilines is 2. The molecule has 5 nitrogen and oxygen atoms in total. The van der Waals surface area contributed by atoms with Crippen molar-refractivity contribution in [2.45, 2.75) is 58.0 Å². The van der Waals surface area contributed by atoms with Gasteiger partial charge in [-0.2, -0.15) is 0 Å². The van der Waals surface area contributed by atoms with Crippen LogP contribution in [-0.4, -0.2) is 62.7 Å². The van der Waals surface area contributed by atoms with Crippen LogP contribution in [0.3, 0.4) is 0 Å². The monoisotopic (exact) mass is 373 g/mol. The molecule has 27 heavy (non-hydrogen) atoms. The third-order valence-corrected chi connectivity index (χ3v) is 6.43. The molecule has 1 amide bonds. The molecule has 0 spiro atoms. The van der Waals surface area contributed by atoms with E-state index in [-0.39, 0.29) is 11.9 Å². The average molecular weight is 374 g/mol. The first-order valence-electron chi connectivity index (χ1n) is 10.8. The van der Waals surface area contributed by atoms with Crippen LogP contribution in [0.1, 0.15) is 46.0 Å². The van der Waals surface area contributed by atoms with Crippen LogP contribution in [0.25, 0.3) is 0 Å². The third kappa shape index (κ3) is 5.16. The number of rotatable bonds is 6. The Hall–Kier alpha value is -1.75. The van der Waals surface area contributed by atoms with E-state index in [4.69, 9.17) is 0 Å². The topological polar surface area (TPSA) is 40.0 Å². The number of quaternary nitrogens is 1. The molecular weight excluding hydrogens is 336 g/mol. The number of piperazine rings is 1. The fraction of sp³-hybridized carbons (Fsp3) is 0.682. The third-order valence-electron chi connectivity index (χ3n) is 6.43. The molecule has 3 rings (SSSR count). The molecule has 1 aliphatic carbocycles. The van der Waals surface area contributed by atoms with Crippen molar-refractivity contribution in [2.75, 3.05) is 50.0 Å². The standard InChI is InChI=1S/C22H36N4O/c1-4-25-14-16-26(17-15-25)21-12-10-19(11-13-21)23-18(2)22(27)24(3)20-8-6-5-7-9-20/h10-13,18,20,23H,4-9,14-17H2,1-3H3/p+1/t18-/m1/s1. The second kappa shape index (κ2) is 9.45. The van der Waals surface area contributed by atoms with Gasteiger partial charge in [-0.1, -0.05) is 19.3 Å². The first-order valence-corrected chi connectivity index (χ1v) is 10.8. The van der Waals surface area contributed by atoms with Crippen LogP contribution in [0.15, 0.2) is 24.3 Å². The number of hydrogen-bond acceptors (Lipinski definition) is 3. The summed E-state index contributed by atoms with van der Waals surface area (Å²) in [7, 11) is 1.97. The fourth-order valence-corrected chi connectivity index (χ4v) is 4.47. The molecule has 1 heterocycles. The minimum atomic E-state index is -0.195. The summed E-state index contributed by atoms with van der Waals surface area (Å²) in [5.74, 6) is 0.199. The lowest BCUT2D eigenvalue weighted by Gasteiger charge is -2.34. The predicted octanol–water partition coefficient (Wildman–Crippen LogP) is 2.00. The van der Waals surface area contributed by atoms with Gasteiger partial charge in [0, 0.05) is 24.5 Å². The summed E-state index contributed by atoms with van der Waals surface area (Å²) in [5.41, 5.74) is 2.31. The van der Waals surface area contributed by atoms with Crippen LogP contribution in [0.5, 0.6) is 0 Å². The summed E-state index contributed by atoms with van der Waals surface area (Å²) >= 11 is 0. The highest BCUT2D eigenvalue weighted by Gasteiger charge is 2.25. The highest BCUT2D eigenvalue weighted by atomic mass is 16.2. The van der Waals surface area contributed by atoms with E-state index in [2.05, 4.69) is 41.4 Å². The maximum absolute atomic E-state index is 12.8. The normalized spacial score (nSPS) is 20.3. The molecule has 150 valence electrons. The highest BCUT2D eigenvalue weighted by Crippen LogP contribution is 2.23. The molecule has 0 aromatic heterocycles. The van der Waals surface area contributed by atoms with Gasteiger partial charge in [-0.3, -0.25) is 4.79 Å². The Kier molecular flexibility index (Phi) is 7.00. The minimum Gasteiger partial charge on any atom is -0.374 e. The Morgan fingerprint density at radius 1 is 1.19 bits per heavy atom. The van der Waals surface area contributed by atoms with Crippen LogP contribution in [0, 0.1) is 0 Å². The molecule has 0 bridgehead atoms. The Labute approximate surface area is 164 Å². The number of nitrogens with zero attached hydrogens (tertiary/aromatic N) is 2. The second-order valence-corrected chi connectivity index (χ2v) is 8.24. The van der Waals surface area contributed by atoms with Crippen molar-refractivity contribution in [3.8, 4) is 0 Å². The zero-order chi connectivity index (χ0) is 19.2. The average Bonchev–Trinajstić information content (AvgIpc) is 2.74. The van der Waals surface area contributed by atoms with E-state index >= 15 is 0 Å². The van der Waals surface area contributed by atoms with E-state index < -0.39 is 0 Å². The summed E-state index contributed by atoms with van der Waals surface area (Å²) in [6.07, 6.45) is 6.11. The maximum Gasteiger partial charge on any atom is 0.244 e. The second-order valence-electron chi connectivity index (χ2n) is 8.24. The number of carbonyl (C=O) groups is 1. The molecule has 1 saturated heterocycles. The molecule has 2 N–H and O–H groups in total. The van der Waals surface area contributed by atoms with Crippen LogP contribution in [-0.2, 0) is 4.79 Å². The number of carbonyl (C=O) groups excluding carboxylic acids is 1. The van der Waals surface area contributed by atoms with E-state index in [1.807, 2.05) is 18.9 Å². The first kappa shape index (κ1) is 20.0. The van der Waals surface area contributed by atoms with Gasteiger partial charge in [0.15, 0.2) is 0 Å². The van der Waals surface area contributed by atoms with Gasteiger partial charge in [0.25, 0.3) is 0 Å². The number of likely N-dealkylation sites (N-methyl/N-ethyl adjacent to an activating group) is 2. The minimum absolute atomic E-state index is 0.195. The highest BCUT2D eigenvalue weighted by molar-refractivity contribution is 5.84. The van der Waals surface area contributed by atoms with Gasteiger partial charge in [-0.05, 0) is 51.0 Å². The van der Waals surface area contributed by atoms with Crippen LogP contribution < -0.4 is 15.1 Å². The zero-order valence-corrected chi connectivity index (χ0v) is 17.3. The summed E-state index contributed by atoms with van der Waals surface area (Å²) in [6, 6.07) is 8.81. The van der Waals surface area contributed by atoms with Gasteiger partial charge in [0.2, 0.25) is 5.91 Å². The first-order chi connectivity index (χ1) is 13.1. The summed E-state index contributed by atoms with van der Waals surface area (Å²) in [4.78, 5) is 18.9. The quantitative estimate of drug-likeness (QED) is 0.801. The molecule has 1 aromatic carbocycles. The molecular formula is C22H37N4O+. The predicted molar refractivity (Wildman–Crippen MR) is 113 cm³/mol. The lowest BCUT2D eigenvalue weighted by Crippen LogP contribution is -3.14. The molecule has 5 heteroatoms. The van der Waals surface area contributed by atoms with Crippen molar-refractivity contribution in [3.05, 3.63) is 24.3 Å². The van der Waals surface area contributed by atoms with E-state index in [1.165, 1.54) is 44.6 Å². The van der Waals surface area contributed by atoms with Gasteiger partial charge >= 0.3 is 0 Å². The number of hydrogen-bond donors (Lipinski definition) is 2. The van der Waals surface area contributed by atoms with Gasteiger partial charge in [0.05, 0.1) is 32.7 Å². The summed E-state index contributed by atoms with van der Waals surface area (Å²) in [6.45, 7) is 10.1. The number of benzene rings is 1. The van der Waals surface area contributed by atoms with E-state index in [0.717, 1.165) is 31.6 Å². The molecule has 1 aliphatic heterocycles. The van der Waals surface area contributed by atoms with Crippen LogP contribution in [0.2, 0.25) is 0 Å². The molecule has 2 aliphatic rings. The van der Waals surface area contributed by atoms with Crippen molar-refractivity contribution in [1.82, 2.24) is 4.90 Å². The van der Waals surface area contributed by atoms with Crippen LogP contribution >= 0.6 is 0 Å². The lowest BCUT2D eigenvalue weighted by molar-refractivity contribution is -0.898. The van der Waals surface area contributed by atoms with E-state index in [9.17, 15) is 4.79 Å². The SMILES string of the molecule is CC[NH+]1CCN(c2ccc(N[C@H](C)C(=O)N(C)C3CCCCC3)cc2)CC1. The van der Waals surface area contributed by atoms with Crippen LogP contribution in [0.4, 0.5) is 11.4 Å². The fourth-order valence-electron chi connectivity index (χ4n) is 4.47. The van der Waals surface area contributed by atoms with Crippen molar-refractivity contribution >= 4 is 17.3 Å². The van der Waals surface area contributed by atoms with E-state index in [0.29, 0.717) is 6.04 Å². The van der Waals surface area contributed by atoms with Gasteiger partial charge in [0.1, 0.15) is 6.04 Å². The molecule has 0 unspecified atom stereocenters. The number of amides is 1. The summed E-state index contributed by atoms with van der Waals surface area (Å²) in [5, 5.41) is 3.39. The van der Waals surface area contributed by atoms with E-state index in [1.54, 1.807) is 4.90 Å². The van der Waals surface area contributed by atoms with Gasteiger partial charge in [-0.15, -0.1) is 0 Å². The molecule has 1 saturated carbocycles. The number of nitrogens with one attached hydrogen (secondary N) is 2. The molecule has 1 atom stereocenters. The Bertz CT molecular complexity index is 589. The smallest absolute Gasteiger partial charge is 0.244 e. The van der Waals surface area contributed by atoms with Crippen molar-refractivity contribution in [1.29, 1.82) is 0 Å². The Balaban J connectivity index is 1.52. The lowest BCUT2D eigenvalue weighted by atomic mass is 9.94. The van der Waals surface area contributed by atoms with Crippen molar-refractivity contribution < 1.29 is 9.69 Å². The van der Waals surface area contributed by atoms with Gasteiger partial charge in [-0.25, -0.2) is 0 Å². The Morgan fingerprint density at radius 3 is 2.41 bits per heavy atom. The zero-order valence-electron chi connectivity index (χ0n) is 17.3. The maximum atomic E-state index is 12.8. The largest absolute Gasteiger partial charge is 0.374 e. The summed E-state index contributed by atoms with van der Waals surface area (Å²) < 4.78 is 0. The van der Waals surface area contributed by atoms with Crippen molar-refractivity contribution in [3.63, 3.8) is 0 Å².